The predicted octanol–water partition coefficient (Wildman–Crippen LogP) is 1.08. The number of fused-ring (bicyclic) bond motifs is 1. The Morgan fingerprint density at radius 2 is 1.96 bits per heavy atom. The van der Waals surface area contributed by atoms with Gasteiger partial charge in [-0.25, -0.2) is 13.2 Å². The fraction of sp³-hybridized carbons (Fsp3) is 0.500. The molecule has 3 rings (SSSR count). The van der Waals surface area contributed by atoms with Gasteiger partial charge in [0.25, 0.3) is 5.91 Å². The van der Waals surface area contributed by atoms with Crippen molar-refractivity contribution >= 4 is 33.6 Å². The van der Waals surface area contributed by atoms with E-state index in [0.29, 0.717) is 26.1 Å². The van der Waals surface area contributed by atoms with Crippen molar-refractivity contribution in [3.8, 4) is 0 Å². The second-order valence-electron chi connectivity index (χ2n) is 6.72. The van der Waals surface area contributed by atoms with E-state index in [4.69, 9.17) is 0 Å². The zero-order valence-corrected chi connectivity index (χ0v) is 16.7. The molecule has 2 aliphatic heterocycles. The van der Waals surface area contributed by atoms with Gasteiger partial charge >= 0.3 is 6.03 Å². The van der Waals surface area contributed by atoms with Crippen LogP contribution in [0, 0.1) is 0 Å². The Labute approximate surface area is 164 Å². The first kappa shape index (κ1) is 20.3. The summed E-state index contributed by atoms with van der Waals surface area (Å²) in [5.41, 5.74) is 0.290. The van der Waals surface area contributed by atoms with Crippen molar-refractivity contribution in [2.45, 2.75) is 37.6 Å². The second-order valence-corrected chi connectivity index (χ2v) is 8.66. The van der Waals surface area contributed by atoms with Crippen LogP contribution in [0.4, 0.5) is 10.5 Å². The zero-order chi connectivity index (χ0) is 20.5. The van der Waals surface area contributed by atoms with Gasteiger partial charge in [0.05, 0.1) is 4.90 Å². The number of hydrogen-bond acceptors (Lipinski definition) is 5. The fourth-order valence-electron chi connectivity index (χ4n) is 3.62. The molecule has 0 bridgehead atoms. The maximum absolute atomic E-state index is 12.6. The van der Waals surface area contributed by atoms with Crippen molar-refractivity contribution in [2.75, 3.05) is 31.5 Å². The van der Waals surface area contributed by atoms with Gasteiger partial charge in [-0.1, -0.05) is 19.9 Å². The number of carbonyl (C=O) groups excluding carboxylic acids is 3. The van der Waals surface area contributed by atoms with Gasteiger partial charge in [-0.05, 0) is 31.0 Å². The van der Waals surface area contributed by atoms with Gasteiger partial charge in [-0.3, -0.25) is 14.5 Å². The zero-order valence-electron chi connectivity index (χ0n) is 15.9. The molecule has 1 aromatic rings. The summed E-state index contributed by atoms with van der Waals surface area (Å²) in [7, 11) is -3.65. The van der Waals surface area contributed by atoms with E-state index in [1.54, 1.807) is 19.9 Å². The van der Waals surface area contributed by atoms with E-state index in [9.17, 15) is 22.8 Å². The normalized spacial score (nSPS) is 19.5. The number of anilines is 1. The molecule has 2 heterocycles. The van der Waals surface area contributed by atoms with Crippen molar-refractivity contribution in [2.24, 2.45) is 0 Å². The molecule has 2 fully saturated rings. The lowest BCUT2D eigenvalue weighted by atomic mass is 10.2. The van der Waals surface area contributed by atoms with E-state index in [-0.39, 0.29) is 16.5 Å². The molecule has 2 saturated heterocycles. The molecular formula is C18H24N4O5S. The van der Waals surface area contributed by atoms with E-state index in [1.807, 2.05) is 0 Å². The number of nitrogens with one attached hydrogen (secondary N) is 1. The molecule has 10 heteroatoms. The highest BCUT2D eigenvalue weighted by Gasteiger charge is 2.47. The lowest BCUT2D eigenvalue weighted by Crippen LogP contribution is -2.39. The number of benzene rings is 1. The molecule has 0 aliphatic carbocycles. The van der Waals surface area contributed by atoms with Crippen LogP contribution in [0.25, 0.3) is 0 Å². The van der Waals surface area contributed by atoms with E-state index in [1.165, 1.54) is 27.4 Å². The first-order valence-electron chi connectivity index (χ1n) is 9.31. The minimum atomic E-state index is -3.65. The molecule has 1 atom stereocenters. The molecule has 152 valence electrons. The van der Waals surface area contributed by atoms with E-state index in [0.717, 1.165) is 11.3 Å². The second kappa shape index (κ2) is 7.88. The van der Waals surface area contributed by atoms with Crippen LogP contribution in [-0.2, 0) is 19.6 Å². The number of nitrogens with zero attached hydrogens (tertiary/aromatic N) is 3. The highest BCUT2D eigenvalue weighted by atomic mass is 32.2. The number of rotatable bonds is 7. The number of amides is 4. The molecule has 28 heavy (non-hydrogen) atoms. The van der Waals surface area contributed by atoms with Crippen LogP contribution in [0.3, 0.4) is 0 Å². The van der Waals surface area contributed by atoms with Crippen molar-refractivity contribution in [1.82, 2.24) is 14.1 Å². The summed E-state index contributed by atoms with van der Waals surface area (Å²) in [4.78, 5) is 39.5. The van der Waals surface area contributed by atoms with Gasteiger partial charge in [0.1, 0.15) is 12.6 Å². The number of hydrogen-bond donors (Lipinski definition) is 1. The molecule has 2 aliphatic rings. The summed E-state index contributed by atoms with van der Waals surface area (Å²) < 4.78 is 26.6. The highest BCUT2D eigenvalue weighted by Crippen LogP contribution is 2.27. The molecule has 4 amide bonds. The fourth-order valence-corrected chi connectivity index (χ4v) is 5.12. The smallest absolute Gasteiger partial charge is 0.324 e. The monoisotopic (exact) mass is 408 g/mol. The minimum Gasteiger partial charge on any atom is -0.324 e. The standard InChI is InChI=1S/C18H24N4O5S/c1-3-20(4-2)28(26,27)14-8-5-7-13(11-14)19-16(23)12-22-17(24)15-9-6-10-21(15)18(22)25/h5,7-8,11,15H,3-4,6,9-10,12H2,1-2H3,(H,19,23). The Morgan fingerprint density at radius 1 is 1.25 bits per heavy atom. The van der Waals surface area contributed by atoms with Crippen LogP contribution in [0.15, 0.2) is 29.2 Å². The molecule has 9 nitrogen and oxygen atoms in total. The Morgan fingerprint density at radius 3 is 2.61 bits per heavy atom. The molecular weight excluding hydrogens is 384 g/mol. The summed E-state index contributed by atoms with van der Waals surface area (Å²) >= 11 is 0. The maximum atomic E-state index is 12.6. The SMILES string of the molecule is CCN(CC)S(=O)(=O)c1cccc(NC(=O)CN2C(=O)C3CCCN3C2=O)c1. The molecule has 1 N–H and O–H groups in total. The van der Waals surface area contributed by atoms with Crippen LogP contribution >= 0.6 is 0 Å². The molecule has 0 saturated carbocycles. The Bertz CT molecular complexity index is 875. The summed E-state index contributed by atoms with van der Waals surface area (Å²) in [6.45, 7) is 4.32. The van der Waals surface area contributed by atoms with E-state index in [2.05, 4.69) is 5.32 Å². The quantitative estimate of drug-likeness (QED) is 0.680. The number of urea groups is 1. The topological polar surface area (TPSA) is 107 Å². The number of imide groups is 1. The van der Waals surface area contributed by atoms with Gasteiger partial charge < -0.3 is 10.2 Å². The van der Waals surface area contributed by atoms with Crippen molar-refractivity contribution in [3.63, 3.8) is 0 Å². The Hall–Kier alpha value is -2.46. The highest BCUT2D eigenvalue weighted by molar-refractivity contribution is 7.89. The predicted molar refractivity (Wildman–Crippen MR) is 102 cm³/mol. The van der Waals surface area contributed by atoms with Crippen LogP contribution in [0.1, 0.15) is 26.7 Å². The number of sulfonamides is 1. The maximum Gasteiger partial charge on any atom is 0.327 e. The summed E-state index contributed by atoms with van der Waals surface area (Å²) in [6, 6.07) is 5.03. The van der Waals surface area contributed by atoms with Gasteiger partial charge in [-0.15, -0.1) is 0 Å². The minimum absolute atomic E-state index is 0.0722. The molecule has 0 radical (unpaired) electrons. The summed E-state index contributed by atoms with van der Waals surface area (Å²) in [6.07, 6.45) is 1.41. The third kappa shape index (κ3) is 3.61. The summed E-state index contributed by atoms with van der Waals surface area (Å²) in [5, 5.41) is 2.58. The largest absolute Gasteiger partial charge is 0.327 e. The molecule has 0 spiro atoms. The lowest BCUT2D eigenvalue weighted by molar-refractivity contribution is -0.131. The van der Waals surface area contributed by atoms with Crippen molar-refractivity contribution < 1.29 is 22.8 Å². The van der Waals surface area contributed by atoms with Gasteiger partial charge in [0.15, 0.2) is 0 Å². The third-order valence-corrected chi connectivity index (χ3v) is 7.09. The molecule has 0 aromatic heterocycles. The lowest BCUT2D eigenvalue weighted by Gasteiger charge is -2.19. The number of carbonyl (C=O) groups is 3. The third-order valence-electron chi connectivity index (χ3n) is 5.04. The first-order chi connectivity index (χ1) is 13.3. The van der Waals surface area contributed by atoms with Gasteiger partial charge in [-0.2, -0.15) is 4.31 Å². The first-order valence-corrected chi connectivity index (χ1v) is 10.8. The molecule has 1 unspecified atom stereocenters. The average molecular weight is 408 g/mol. The van der Waals surface area contributed by atoms with Crippen LogP contribution in [0.5, 0.6) is 0 Å². The van der Waals surface area contributed by atoms with Crippen LogP contribution in [0.2, 0.25) is 0 Å². The molecule has 1 aromatic carbocycles. The van der Waals surface area contributed by atoms with Crippen LogP contribution < -0.4 is 5.32 Å². The Kier molecular flexibility index (Phi) is 5.71. The van der Waals surface area contributed by atoms with E-state index < -0.39 is 34.5 Å². The van der Waals surface area contributed by atoms with E-state index >= 15 is 0 Å². The van der Waals surface area contributed by atoms with Gasteiger partial charge in [0, 0.05) is 25.3 Å². The summed E-state index contributed by atoms with van der Waals surface area (Å²) in [5.74, 6) is -0.907. The van der Waals surface area contributed by atoms with Gasteiger partial charge in [0.2, 0.25) is 15.9 Å². The van der Waals surface area contributed by atoms with Crippen molar-refractivity contribution in [3.05, 3.63) is 24.3 Å². The van der Waals surface area contributed by atoms with Crippen molar-refractivity contribution in [1.29, 1.82) is 0 Å². The Balaban J connectivity index is 1.70. The average Bonchev–Trinajstić information content (AvgIpc) is 3.22. The van der Waals surface area contributed by atoms with Crippen LogP contribution in [-0.4, -0.2) is 72.6 Å².